The van der Waals surface area contributed by atoms with Gasteiger partial charge in [-0.15, -0.1) is 0 Å². The van der Waals surface area contributed by atoms with Gasteiger partial charge in [-0.25, -0.2) is 31.8 Å². The molecule has 14 heteroatoms. The summed E-state index contributed by atoms with van der Waals surface area (Å²) in [4.78, 5) is 24.4. The normalized spacial score (nSPS) is 11.9. The zero-order chi connectivity index (χ0) is 32.1. The number of carbonyl (C=O) groups excluding carboxylic acids is 2. The van der Waals surface area contributed by atoms with E-state index in [1.54, 1.807) is 12.1 Å². The van der Waals surface area contributed by atoms with Gasteiger partial charge < -0.3 is 9.47 Å². The predicted octanol–water partition coefficient (Wildman–Crippen LogP) is 1.08. The fraction of sp³-hybridized carbons (Fsp3) is 0.167. The average Bonchev–Trinajstić information content (AvgIpc) is 3.02. The number of sulfone groups is 3. The number of esters is 2. The first kappa shape index (κ1) is 37.0. The minimum absolute atomic E-state index is 0. The van der Waals surface area contributed by atoms with Crippen molar-refractivity contribution in [2.24, 2.45) is 5.41 Å². The molecule has 0 spiro atoms. The molecule has 0 radical (unpaired) electrons. The summed E-state index contributed by atoms with van der Waals surface area (Å²) in [6.45, 7) is 7.16. The third-order valence-corrected chi connectivity index (χ3v) is 12.3. The van der Waals surface area contributed by atoms with E-state index in [2.05, 4.69) is 13.2 Å². The minimum Gasteiger partial charge on any atom is -0.468 e. The molecule has 0 aliphatic carbocycles. The zero-order valence-electron chi connectivity index (χ0n) is 24.3. The summed E-state index contributed by atoms with van der Waals surface area (Å²) in [5, 5.41) is -0.941. The maximum absolute atomic E-state index is 14.0. The molecule has 0 bridgehead atoms. The van der Waals surface area contributed by atoms with Gasteiger partial charge in [-0.2, -0.15) is 0 Å². The van der Waals surface area contributed by atoms with Gasteiger partial charge in [-0.05, 0) is 36.4 Å². The van der Waals surface area contributed by atoms with Gasteiger partial charge >= 0.3 is 41.5 Å². The number of methoxy groups -OCH3 is 2. The van der Waals surface area contributed by atoms with Gasteiger partial charge in [0.25, 0.3) is 0 Å². The molecule has 0 amide bonds. The van der Waals surface area contributed by atoms with Crippen LogP contribution in [-0.4, -0.2) is 51.4 Å². The van der Waals surface area contributed by atoms with Crippen LogP contribution in [0.25, 0.3) is 0 Å². The molecule has 3 aromatic carbocycles. The Morgan fingerprint density at radius 2 is 1.02 bits per heavy atom. The summed E-state index contributed by atoms with van der Waals surface area (Å²) in [5.41, 5.74) is -2.71. The van der Waals surface area contributed by atoms with Gasteiger partial charge in [0, 0.05) is 11.3 Å². The zero-order valence-corrected chi connectivity index (χ0v) is 28.7. The van der Waals surface area contributed by atoms with E-state index < -0.39 is 74.8 Å². The van der Waals surface area contributed by atoms with E-state index in [1.165, 1.54) is 78.9 Å². The van der Waals surface area contributed by atoms with Crippen molar-refractivity contribution in [1.82, 2.24) is 0 Å². The molecular formula is C30H29NaO10S3. The first-order valence-electron chi connectivity index (χ1n) is 12.5. The second-order valence-electron chi connectivity index (χ2n) is 9.25. The van der Waals surface area contributed by atoms with Crippen LogP contribution < -0.4 is 29.6 Å². The van der Waals surface area contributed by atoms with Gasteiger partial charge in [0.2, 0.25) is 9.84 Å². The first-order chi connectivity index (χ1) is 20.2. The molecule has 3 aromatic rings. The summed E-state index contributed by atoms with van der Waals surface area (Å²) in [7, 11) is -12.0. The van der Waals surface area contributed by atoms with Crippen molar-refractivity contribution in [2.75, 3.05) is 14.2 Å². The van der Waals surface area contributed by atoms with Crippen molar-refractivity contribution >= 4 is 41.5 Å². The van der Waals surface area contributed by atoms with E-state index in [0.717, 1.165) is 14.2 Å². The second kappa shape index (κ2) is 14.7. The molecule has 0 aromatic heterocycles. The fourth-order valence-electron chi connectivity index (χ4n) is 4.27. The quantitative estimate of drug-likeness (QED) is 0.112. The topological polar surface area (TPSA) is 155 Å². The number of benzene rings is 3. The van der Waals surface area contributed by atoms with Crippen LogP contribution in [0.2, 0.25) is 0 Å². The maximum Gasteiger partial charge on any atom is 1.00 e. The molecule has 44 heavy (non-hydrogen) atoms. The molecule has 0 N–H and O–H groups in total. The molecule has 0 atom stereocenters. The van der Waals surface area contributed by atoms with Crippen molar-refractivity contribution in [3.63, 3.8) is 0 Å². The second-order valence-corrected chi connectivity index (χ2v) is 15.3. The van der Waals surface area contributed by atoms with Crippen molar-refractivity contribution in [3.8, 4) is 0 Å². The fourth-order valence-corrected chi connectivity index (χ4v) is 8.93. The maximum atomic E-state index is 14.0. The first-order valence-corrected chi connectivity index (χ1v) is 16.9. The standard InChI is InChI=1S/C30H29O10S3.Na/c1-22(41(33,34)24-14-8-5-9-15-24)20-30(28(31)39-3,29(32)40-4)21-27(43(37,38)26-18-12-7-13-19-26)23(2)42(35,36)25-16-10-6-11-17-25;/h5-19H,1-2,20-21H2,3-4H3;/q-1;+1. The average molecular weight is 669 g/mol. The van der Waals surface area contributed by atoms with Crippen molar-refractivity contribution in [2.45, 2.75) is 27.5 Å². The van der Waals surface area contributed by atoms with Gasteiger partial charge in [-0.1, -0.05) is 77.8 Å². The summed E-state index contributed by atoms with van der Waals surface area (Å²) in [6, 6.07) is 20.5. The SMILES string of the molecule is C=C(CC(C[C-](C(=C)S(=O)(=O)c1ccccc1)S(=O)(=O)c1ccccc1)(C(=O)OC)C(=O)OC)S(=O)(=O)c1ccccc1.[Na+]. The van der Waals surface area contributed by atoms with Gasteiger partial charge in [0.05, 0.1) is 28.9 Å². The van der Waals surface area contributed by atoms with E-state index in [4.69, 9.17) is 9.47 Å². The van der Waals surface area contributed by atoms with Crippen LogP contribution in [0, 0.1) is 10.7 Å². The largest absolute Gasteiger partial charge is 1.00 e. The number of hydrogen-bond donors (Lipinski definition) is 0. The smallest absolute Gasteiger partial charge is 0.468 e. The molecule has 0 aliphatic rings. The number of ether oxygens (including phenoxy) is 2. The molecular weight excluding hydrogens is 640 g/mol. The molecule has 0 heterocycles. The molecule has 0 unspecified atom stereocenters. The van der Waals surface area contributed by atoms with E-state index >= 15 is 0 Å². The summed E-state index contributed by atoms with van der Waals surface area (Å²) >= 11 is 0. The Labute approximate surface area is 279 Å². The molecule has 0 saturated heterocycles. The Morgan fingerprint density at radius 1 is 0.659 bits per heavy atom. The molecule has 3 rings (SSSR count). The number of rotatable bonds is 13. The Kier molecular flexibility index (Phi) is 12.4. The van der Waals surface area contributed by atoms with Crippen LogP contribution in [0.3, 0.4) is 0 Å². The van der Waals surface area contributed by atoms with Crippen LogP contribution in [0.4, 0.5) is 0 Å². The minimum atomic E-state index is -4.79. The summed E-state index contributed by atoms with van der Waals surface area (Å²) in [6.07, 6.45) is -2.19. The van der Waals surface area contributed by atoms with Crippen molar-refractivity contribution < 1.29 is 73.9 Å². The van der Waals surface area contributed by atoms with Gasteiger partial charge in [-0.3, -0.25) is 9.59 Å². The van der Waals surface area contributed by atoms with Crippen molar-refractivity contribution in [1.29, 1.82) is 0 Å². The monoisotopic (exact) mass is 668 g/mol. The molecule has 0 aliphatic heterocycles. The molecule has 10 nitrogen and oxygen atoms in total. The Morgan fingerprint density at radius 3 is 1.41 bits per heavy atom. The summed E-state index contributed by atoms with van der Waals surface area (Å²) in [5.74, 6) is -2.76. The molecule has 228 valence electrons. The van der Waals surface area contributed by atoms with E-state index in [-0.39, 0.29) is 44.2 Å². The van der Waals surface area contributed by atoms with Gasteiger partial charge in [0.1, 0.15) is 9.84 Å². The number of carbonyl (C=O) groups is 2. The van der Waals surface area contributed by atoms with Crippen LogP contribution in [0.5, 0.6) is 0 Å². The van der Waals surface area contributed by atoms with Gasteiger partial charge in [0.15, 0.2) is 15.3 Å². The van der Waals surface area contributed by atoms with E-state index in [9.17, 15) is 34.8 Å². The Balaban J connectivity index is 0.00000675. The van der Waals surface area contributed by atoms with Crippen LogP contribution in [0.15, 0.2) is 129 Å². The third kappa shape index (κ3) is 7.36. The van der Waals surface area contributed by atoms with Crippen LogP contribution in [-0.2, 0) is 48.6 Å². The van der Waals surface area contributed by atoms with E-state index in [1.807, 2.05) is 0 Å². The Bertz CT molecular complexity index is 1820. The molecule has 0 saturated carbocycles. The van der Waals surface area contributed by atoms with Crippen LogP contribution >= 0.6 is 0 Å². The van der Waals surface area contributed by atoms with Crippen LogP contribution in [0.1, 0.15) is 12.8 Å². The predicted molar refractivity (Wildman–Crippen MR) is 158 cm³/mol. The Hall–Kier alpha value is -3.20. The number of hydrogen-bond acceptors (Lipinski definition) is 10. The summed E-state index contributed by atoms with van der Waals surface area (Å²) < 4.78 is 91.9. The molecule has 0 fully saturated rings. The third-order valence-electron chi connectivity index (χ3n) is 6.61. The van der Waals surface area contributed by atoms with E-state index in [0.29, 0.717) is 0 Å². The van der Waals surface area contributed by atoms with Crippen molar-refractivity contribution in [3.05, 3.63) is 119 Å². The number of allylic oxidation sites excluding steroid dienone is 1.